The third kappa shape index (κ3) is 2.78. The van der Waals surface area contributed by atoms with Crippen LogP contribution in [0, 0.1) is 11.7 Å². The summed E-state index contributed by atoms with van der Waals surface area (Å²) < 4.78 is 13.0. The molecule has 100 valence electrons. The number of hydrogen-bond donors (Lipinski definition) is 1. The second-order valence-corrected chi connectivity index (χ2v) is 4.39. The minimum absolute atomic E-state index is 0.0119. The van der Waals surface area contributed by atoms with Crippen molar-refractivity contribution in [2.45, 2.75) is 12.8 Å². The smallest absolute Gasteiger partial charge is 0.308 e. The SMILES string of the molecule is O=C(O)C1CCC(=O)N(C(=O)c2cccc(F)c2)C1. The van der Waals surface area contributed by atoms with Crippen molar-refractivity contribution in [3.63, 3.8) is 0 Å². The van der Waals surface area contributed by atoms with Crippen LogP contribution in [0.3, 0.4) is 0 Å². The van der Waals surface area contributed by atoms with Gasteiger partial charge in [0, 0.05) is 18.5 Å². The Labute approximate surface area is 108 Å². The molecular formula is C13H12FNO4. The van der Waals surface area contributed by atoms with Gasteiger partial charge in [-0.15, -0.1) is 0 Å². The Hall–Kier alpha value is -2.24. The second-order valence-electron chi connectivity index (χ2n) is 4.39. The van der Waals surface area contributed by atoms with Gasteiger partial charge in [0.25, 0.3) is 5.91 Å². The van der Waals surface area contributed by atoms with E-state index < -0.39 is 29.5 Å². The number of aliphatic carboxylic acids is 1. The van der Waals surface area contributed by atoms with Crippen molar-refractivity contribution in [2.24, 2.45) is 5.92 Å². The number of carboxylic acid groups (broad SMARTS) is 1. The molecule has 0 bridgehead atoms. The summed E-state index contributed by atoms with van der Waals surface area (Å²) in [4.78, 5) is 35.6. The number of carbonyl (C=O) groups excluding carboxylic acids is 2. The summed E-state index contributed by atoms with van der Waals surface area (Å²) in [5, 5.41) is 8.93. The van der Waals surface area contributed by atoms with Crippen LogP contribution in [0.1, 0.15) is 23.2 Å². The summed E-state index contributed by atoms with van der Waals surface area (Å²) in [6, 6.07) is 4.98. The lowest BCUT2D eigenvalue weighted by molar-refractivity contribution is -0.145. The van der Waals surface area contributed by atoms with Crippen LogP contribution in [0.4, 0.5) is 4.39 Å². The third-order valence-electron chi connectivity index (χ3n) is 3.08. The molecule has 1 aliphatic heterocycles. The summed E-state index contributed by atoms with van der Waals surface area (Å²) in [6.45, 7) is -0.163. The van der Waals surface area contributed by atoms with Gasteiger partial charge in [0.2, 0.25) is 5.91 Å². The average molecular weight is 265 g/mol. The lowest BCUT2D eigenvalue weighted by atomic mass is 9.97. The van der Waals surface area contributed by atoms with Crippen molar-refractivity contribution in [1.82, 2.24) is 4.90 Å². The molecule has 2 amide bonds. The number of hydrogen-bond acceptors (Lipinski definition) is 3. The van der Waals surface area contributed by atoms with E-state index in [0.717, 1.165) is 11.0 Å². The van der Waals surface area contributed by atoms with Crippen LogP contribution < -0.4 is 0 Å². The van der Waals surface area contributed by atoms with E-state index in [0.29, 0.717) is 0 Å². The van der Waals surface area contributed by atoms with Gasteiger partial charge in [0.15, 0.2) is 0 Å². The number of piperidine rings is 1. The molecule has 6 heteroatoms. The molecule has 0 saturated carbocycles. The minimum atomic E-state index is -1.04. The summed E-state index contributed by atoms with van der Waals surface area (Å²) in [6.07, 6.45) is 0.235. The van der Waals surface area contributed by atoms with Crippen LogP contribution in [-0.4, -0.2) is 34.3 Å². The maximum atomic E-state index is 13.0. The van der Waals surface area contributed by atoms with Gasteiger partial charge in [-0.3, -0.25) is 19.3 Å². The maximum absolute atomic E-state index is 13.0. The fourth-order valence-corrected chi connectivity index (χ4v) is 2.02. The Balaban J connectivity index is 2.21. The fourth-order valence-electron chi connectivity index (χ4n) is 2.02. The van der Waals surface area contributed by atoms with Crippen LogP contribution in [0.25, 0.3) is 0 Å². The van der Waals surface area contributed by atoms with E-state index >= 15 is 0 Å². The normalized spacial score (nSPS) is 19.3. The summed E-state index contributed by atoms with van der Waals surface area (Å²) in [5.41, 5.74) is 0.0411. The number of carbonyl (C=O) groups is 3. The predicted octanol–water partition coefficient (Wildman–Crippen LogP) is 1.29. The van der Waals surface area contributed by atoms with Gasteiger partial charge >= 0.3 is 5.97 Å². The first-order valence-electron chi connectivity index (χ1n) is 5.82. The van der Waals surface area contributed by atoms with Crippen molar-refractivity contribution in [1.29, 1.82) is 0 Å². The van der Waals surface area contributed by atoms with E-state index in [2.05, 4.69) is 0 Å². The topological polar surface area (TPSA) is 74.7 Å². The highest BCUT2D eigenvalue weighted by Gasteiger charge is 2.34. The maximum Gasteiger partial charge on any atom is 0.308 e. The van der Waals surface area contributed by atoms with Gasteiger partial charge < -0.3 is 5.11 Å². The van der Waals surface area contributed by atoms with Gasteiger partial charge in [-0.25, -0.2) is 4.39 Å². The van der Waals surface area contributed by atoms with Crippen molar-refractivity contribution in [3.05, 3.63) is 35.6 Å². The van der Waals surface area contributed by atoms with Gasteiger partial charge in [-0.2, -0.15) is 0 Å². The molecule has 1 aromatic rings. The first-order chi connectivity index (χ1) is 8.99. The number of rotatable bonds is 2. The first kappa shape index (κ1) is 13.2. The van der Waals surface area contributed by atoms with Crippen molar-refractivity contribution < 1.29 is 23.9 Å². The zero-order chi connectivity index (χ0) is 14.0. The van der Waals surface area contributed by atoms with Gasteiger partial charge in [0.05, 0.1) is 5.92 Å². The number of amides is 2. The summed E-state index contributed by atoms with van der Waals surface area (Å²) in [5.74, 6) is -3.45. The van der Waals surface area contributed by atoms with Gasteiger partial charge in [-0.1, -0.05) is 6.07 Å². The van der Waals surface area contributed by atoms with E-state index in [-0.39, 0.29) is 24.9 Å². The first-order valence-corrected chi connectivity index (χ1v) is 5.82. The Morgan fingerprint density at radius 3 is 2.74 bits per heavy atom. The molecule has 1 unspecified atom stereocenters. The molecule has 0 spiro atoms. The Bertz CT molecular complexity index is 543. The van der Waals surface area contributed by atoms with E-state index in [9.17, 15) is 18.8 Å². The van der Waals surface area contributed by atoms with Crippen LogP contribution in [0.5, 0.6) is 0 Å². The summed E-state index contributed by atoms with van der Waals surface area (Å²) in [7, 11) is 0. The molecule has 0 aromatic heterocycles. The van der Waals surface area contributed by atoms with Crippen molar-refractivity contribution >= 4 is 17.8 Å². The molecule has 1 heterocycles. The van der Waals surface area contributed by atoms with E-state index in [1.165, 1.54) is 18.2 Å². The molecule has 5 nitrogen and oxygen atoms in total. The van der Waals surface area contributed by atoms with Gasteiger partial charge in [0.1, 0.15) is 5.82 Å². The predicted molar refractivity (Wildman–Crippen MR) is 62.8 cm³/mol. The molecule has 0 radical (unpaired) electrons. The third-order valence-corrected chi connectivity index (χ3v) is 3.08. The molecule has 2 rings (SSSR count). The molecule has 0 aliphatic carbocycles. The lowest BCUT2D eigenvalue weighted by Crippen LogP contribution is -2.46. The lowest BCUT2D eigenvalue weighted by Gasteiger charge is -2.29. The zero-order valence-corrected chi connectivity index (χ0v) is 10.0. The highest BCUT2D eigenvalue weighted by Crippen LogP contribution is 2.20. The number of benzene rings is 1. The molecule has 1 aromatic carbocycles. The Morgan fingerprint density at radius 1 is 1.37 bits per heavy atom. The molecular weight excluding hydrogens is 253 g/mol. The monoisotopic (exact) mass is 265 g/mol. The number of carboxylic acids is 1. The number of halogens is 1. The van der Waals surface area contributed by atoms with E-state index in [4.69, 9.17) is 5.11 Å². The van der Waals surface area contributed by atoms with E-state index in [1.54, 1.807) is 0 Å². The Kier molecular flexibility index (Phi) is 3.59. The second kappa shape index (κ2) is 5.17. The van der Waals surface area contributed by atoms with Crippen LogP contribution in [0.2, 0.25) is 0 Å². The van der Waals surface area contributed by atoms with Crippen LogP contribution in [0.15, 0.2) is 24.3 Å². The van der Waals surface area contributed by atoms with Gasteiger partial charge in [-0.05, 0) is 24.6 Å². The number of nitrogens with zero attached hydrogens (tertiary/aromatic N) is 1. The molecule has 19 heavy (non-hydrogen) atoms. The molecule has 1 atom stereocenters. The fraction of sp³-hybridized carbons (Fsp3) is 0.308. The zero-order valence-electron chi connectivity index (χ0n) is 10.0. The molecule has 1 N–H and O–H groups in total. The van der Waals surface area contributed by atoms with E-state index in [1.807, 2.05) is 0 Å². The van der Waals surface area contributed by atoms with Crippen LogP contribution in [-0.2, 0) is 9.59 Å². The largest absolute Gasteiger partial charge is 0.481 e. The minimum Gasteiger partial charge on any atom is -0.481 e. The van der Waals surface area contributed by atoms with Crippen molar-refractivity contribution in [2.75, 3.05) is 6.54 Å². The standard InChI is InChI=1S/C13H12FNO4/c14-10-3-1-2-8(6-10)12(17)15-7-9(13(18)19)4-5-11(15)16/h1-3,6,9H,4-5,7H2,(H,18,19). The summed E-state index contributed by atoms with van der Waals surface area (Å²) >= 11 is 0. The molecule has 1 saturated heterocycles. The highest BCUT2D eigenvalue weighted by atomic mass is 19.1. The average Bonchev–Trinajstić information content (AvgIpc) is 2.38. The van der Waals surface area contributed by atoms with Crippen molar-refractivity contribution in [3.8, 4) is 0 Å². The Morgan fingerprint density at radius 2 is 2.11 bits per heavy atom. The number of imide groups is 1. The number of likely N-dealkylation sites (tertiary alicyclic amines) is 1. The van der Waals surface area contributed by atoms with Crippen LogP contribution >= 0.6 is 0 Å². The molecule has 1 aliphatic rings. The quantitative estimate of drug-likeness (QED) is 0.817. The molecule has 1 fully saturated rings. The highest BCUT2D eigenvalue weighted by molar-refractivity contribution is 6.05.